The Kier molecular flexibility index (Phi) is 6.49. The van der Waals surface area contributed by atoms with Crippen LogP contribution in [0.2, 0.25) is 0 Å². The molecular formula is C25H30N2O3S. The molecule has 0 bridgehead atoms. The van der Waals surface area contributed by atoms with Crippen LogP contribution in [0.4, 0.5) is 5.00 Å². The number of piperidine rings is 1. The van der Waals surface area contributed by atoms with Crippen molar-refractivity contribution >= 4 is 22.2 Å². The third kappa shape index (κ3) is 4.55. The van der Waals surface area contributed by atoms with E-state index in [4.69, 9.17) is 9.15 Å². The standard InChI is InChI=1S/C25H30N2O3S/c1-16-11-13-27(14-12-16)23(19-7-9-20(29-4)10-8-19)22-17(2)18(3)31-25(22)26-24(28)21-6-5-15-30-21/h5-10,15-16,23H,11-14H2,1-4H3,(H,26,28). The summed E-state index contributed by atoms with van der Waals surface area (Å²) in [6, 6.07) is 11.8. The van der Waals surface area contributed by atoms with Gasteiger partial charge < -0.3 is 14.5 Å². The first-order valence-electron chi connectivity index (χ1n) is 10.8. The first-order valence-corrected chi connectivity index (χ1v) is 11.6. The predicted molar refractivity (Wildman–Crippen MR) is 125 cm³/mol. The van der Waals surface area contributed by atoms with Crippen molar-refractivity contribution in [3.63, 3.8) is 0 Å². The molecule has 31 heavy (non-hydrogen) atoms. The summed E-state index contributed by atoms with van der Waals surface area (Å²) in [5, 5.41) is 4.03. The number of thiophene rings is 1. The van der Waals surface area contributed by atoms with Gasteiger partial charge in [0.1, 0.15) is 10.8 Å². The second-order valence-electron chi connectivity index (χ2n) is 8.35. The lowest BCUT2D eigenvalue weighted by Crippen LogP contribution is -2.37. The smallest absolute Gasteiger partial charge is 0.291 e. The number of hydrogen-bond acceptors (Lipinski definition) is 5. The van der Waals surface area contributed by atoms with E-state index in [2.05, 4.69) is 43.1 Å². The highest BCUT2D eigenvalue weighted by molar-refractivity contribution is 7.16. The Labute approximate surface area is 188 Å². The minimum Gasteiger partial charge on any atom is -0.497 e. The van der Waals surface area contributed by atoms with Crippen molar-refractivity contribution < 1.29 is 13.9 Å². The van der Waals surface area contributed by atoms with Gasteiger partial charge in [-0.1, -0.05) is 19.1 Å². The number of nitrogens with zero attached hydrogens (tertiary/aromatic N) is 1. The summed E-state index contributed by atoms with van der Waals surface area (Å²) in [6.07, 6.45) is 3.89. The molecule has 1 aliphatic rings. The molecule has 1 amide bonds. The summed E-state index contributed by atoms with van der Waals surface area (Å²) in [5.41, 5.74) is 3.63. The Morgan fingerprint density at radius 3 is 2.52 bits per heavy atom. The number of rotatable bonds is 6. The maximum absolute atomic E-state index is 12.8. The highest BCUT2D eigenvalue weighted by atomic mass is 32.1. The molecular weight excluding hydrogens is 408 g/mol. The molecule has 6 heteroatoms. The van der Waals surface area contributed by atoms with Crippen LogP contribution in [-0.4, -0.2) is 31.0 Å². The van der Waals surface area contributed by atoms with Crippen LogP contribution >= 0.6 is 11.3 Å². The maximum atomic E-state index is 12.8. The second-order valence-corrected chi connectivity index (χ2v) is 9.58. The van der Waals surface area contributed by atoms with E-state index in [1.54, 1.807) is 30.6 Å². The first-order chi connectivity index (χ1) is 15.0. The van der Waals surface area contributed by atoms with Crippen molar-refractivity contribution in [3.05, 3.63) is 70.0 Å². The molecule has 1 aliphatic heterocycles. The minimum atomic E-state index is -0.215. The molecule has 164 valence electrons. The quantitative estimate of drug-likeness (QED) is 0.510. The fraction of sp³-hybridized carbons (Fsp3) is 0.400. The van der Waals surface area contributed by atoms with Gasteiger partial charge in [0.05, 0.1) is 19.4 Å². The molecule has 1 fully saturated rings. The molecule has 0 aliphatic carbocycles. The minimum absolute atomic E-state index is 0.0789. The van der Waals surface area contributed by atoms with Crippen molar-refractivity contribution in [1.82, 2.24) is 4.90 Å². The Morgan fingerprint density at radius 2 is 1.90 bits per heavy atom. The van der Waals surface area contributed by atoms with E-state index in [1.807, 2.05) is 12.1 Å². The van der Waals surface area contributed by atoms with Gasteiger partial charge in [-0.05, 0) is 81.1 Å². The van der Waals surface area contributed by atoms with Crippen molar-refractivity contribution in [2.75, 3.05) is 25.5 Å². The third-order valence-electron chi connectivity index (χ3n) is 6.29. The predicted octanol–water partition coefficient (Wildman–Crippen LogP) is 6.04. The van der Waals surface area contributed by atoms with Crippen LogP contribution in [0.1, 0.15) is 57.9 Å². The van der Waals surface area contributed by atoms with Gasteiger partial charge in [-0.25, -0.2) is 0 Å². The fourth-order valence-corrected chi connectivity index (χ4v) is 5.36. The van der Waals surface area contributed by atoms with Gasteiger partial charge in [-0.2, -0.15) is 0 Å². The number of benzene rings is 1. The zero-order valence-corrected chi connectivity index (χ0v) is 19.4. The van der Waals surface area contributed by atoms with Crippen molar-refractivity contribution in [1.29, 1.82) is 0 Å². The van der Waals surface area contributed by atoms with E-state index < -0.39 is 0 Å². The molecule has 3 heterocycles. The fourth-order valence-electron chi connectivity index (χ4n) is 4.27. The van der Waals surface area contributed by atoms with Gasteiger partial charge in [0.2, 0.25) is 0 Å². The molecule has 1 atom stereocenters. The summed E-state index contributed by atoms with van der Waals surface area (Å²) in [4.78, 5) is 16.6. The van der Waals surface area contributed by atoms with Gasteiger partial charge >= 0.3 is 0 Å². The SMILES string of the molecule is COc1ccc(C(c2c(NC(=O)c3ccco3)sc(C)c2C)N2CCC(C)CC2)cc1. The molecule has 1 N–H and O–H groups in total. The molecule has 3 aromatic rings. The van der Waals surface area contributed by atoms with Crippen molar-refractivity contribution in [3.8, 4) is 5.75 Å². The van der Waals surface area contributed by atoms with Crippen LogP contribution in [0, 0.1) is 19.8 Å². The highest BCUT2D eigenvalue weighted by Gasteiger charge is 2.31. The van der Waals surface area contributed by atoms with Crippen LogP contribution in [0.25, 0.3) is 0 Å². The highest BCUT2D eigenvalue weighted by Crippen LogP contribution is 2.43. The molecule has 0 saturated carbocycles. The Morgan fingerprint density at radius 1 is 1.19 bits per heavy atom. The maximum Gasteiger partial charge on any atom is 0.291 e. The van der Waals surface area contributed by atoms with Crippen LogP contribution in [0.15, 0.2) is 47.1 Å². The molecule has 0 spiro atoms. The summed E-state index contributed by atoms with van der Waals surface area (Å²) in [7, 11) is 1.69. The van der Waals surface area contributed by atoms with Crippen LogP contribution in [0.5, 0.6) is 5.75 Å². The average Bonchev–Trinajstić information content (AvgIpc) is 3.40. The van der Waals surface area contributed by atoms with Gasteiger partial charge in [-0.15, -0.1) is 11.3 Å². The van der Waals surface area contributed by atoms with Crippen LogP contribution < -0.4 is 10.1 Å². The number of amides is 1. The topological polar surface area (TPSA) is 54.7 Å². The lowest BCUT2D eigenvalue weighted by Gasteiger charge is -2.37. The molecule has 0 radical (unpaired) electrons. The van der Waals surface area contributed by atoms with E-state index in [0.717, 1.165) is 29.8 Å². The zero-order chi connectivity index (χ0) is 22.0. The number of aryl methyl sites for hydroxylation is 1. The van der Waals surface area contributed by atoms with Crippen LogP contribution in [-0.2, 0) is 0 Å². The molecule has 5 nitrogen and oxygen atoms in total. The lowest BCUT2D eigenvalue weighted by molar-refractivity contribution is 0.0996. The summed E-state index contributed by atoms with van der Waals surface area (Å²) in [5.74, 6) is 1.70. The molecule has 1 unspecified atom stereocenters. The van der Waals surface area contributed by atoms with Gasteiger partial charge in [0.25, 0.3) is 5.91 Å². The number of carbonyl (C=O) groups excluding carboxylic acids is 1. The number of ether oxygens (including phenoxy) is 1. The monoisotopic (exact) mass is 438 g/mol. The van der Waals surface area contributed by atoms with Gasteiger partial charge in [0, 0.05) is 10.4 Å². The van der Waals surface area contributed by atoms with Crippen LogP contribution in [0.3, 0.4) is 0 Å². The normalized spacial score (nSPS) is 16.3. The molecule has 1 aromatic carbocycles. The van der Waals surface area contributed by atoms with E-state index in [1.165, 1.54) is 40.7 Å². The van der Waals surface area contributed by atoms with E-state index in [0.29, 0.717) is 5.76 Å². The number of nitrogens with one attached hydrogen (secondary N) is 1. The summed E-state index contributed by atoms with van der Waals surface area (Å²) >= 11 is 1.64. The Balaban J connectivity index is 1.75. The largest absolute Gasteiger partial charge is 0.497 e. The van der Waals surface area contributed by atoms with Crippen molar-refractivity contribution in [2.45, 2.75) is 39.7 Å². The number of anilines is 1. The number of methoxy groups -OCH3 is 1. The average molecular weight is 439 g/mol. The van der Waals surface area contributed by atoms with Crippen molar-refractivity contribution in [2.24, 2.45) is 5.92 Å². The molecule has 1 saturated heterocycles. The number of likely N-dealkylation sites (tertiary alicyclic amines) is 1. The zero-order valence-electron chi connectivity index (χ0n) is 18.6. The second kappa shape index (κ2) is 9.28. The van der Waals surface area contributed by atoms with E-state index in [-0.39, 0.29) is 11.9 Å². The lowest BCUT2D eigenvalue weighted by atomic mass is 9.91. The summed E-state index contributed by atoms with van der Waals surface area (Å²) in [6.45, 7) is 8.69. The third-order valence-corrected chi connectivity index (χ3v) is 7.43. The Bertz CT molecular complexity index is 1020. The van der Waals surface area contributed by atoms with Gasteiger partial charge in [-0.3, -0.25) is 9.69 Å². The molecule has 2 aromatic heterocycles. The van der Waals surface area contributed by atoms with E-state index >= 15 is 0 Å². The van der Waals surface area contributed by atoms with Gasteiger partial charge in [0.15, 0.2) is 5.76 Å². The van der Waals surface area contributed by atoms with E-state index in [9.17, 15) is 4.79 Å². The number of furan rings is 1. The number of carbonyl (C=O) groups is 1. The first kappa shape index (κ1) is 21.7. The number of hydrogen-bond donors (Lipinski definition) is 1. The summed E-state index contributed by atoms with van der Waals surface area (Å²) < 4.78 is 10.7. The molecule has 4 rings (SSSR count). The Hall–Kier alpha value is -2.57.